The summed E-state index contributed by atoms with van der Waals surface area (Å²) in [6.45, 7) is 5.88. The van der Waals surface area contributed by atoms with Crippen molar-refractivity contribution in [3.05, 3.63) is 0 Å². The number of hydrogen-bond donors (Lipinski definition) is 2. The van der Waals surface area contributed by atoms with Crippen LogP contribution < -0.4 is 10.6 Å². The molecule has 1 fully saturated rings. The summed E-state index contributed by atoms with van der Waals surface area (Å²) in [7, 11) is 0. The van der Waals surface area contributed by atoms with E-state index in [-0.39, 0.29) is 5.91 Å². The molecule has 0 bridgehead atoms. The van der Waals surface area contributed by atoms with E-state index in [9.17, 15) is 4.79 Å². The van der Waals surface area contributed by atoms with Crippen molar-refractivity contribution in [1.29, 1.82) is 0 Å². The molecule has 0 spiro atoms. The highest BCUT2D eigenvalue weighted by Crippen LogP contribution is 2.33. The van der Waals surface area contributed by atoms with E-state index in [4.69, 9.17) is 0 Å². The highest BCUT2D eigenvalue weighted by molar-refractivity contribution is 5.76. The minimum Gasteiger partial charge on any atom is -0.354 e. The van der Waals surface area contributed by atoms with E-state index in [1.54, 1.807) is 0 Å². The van der Waals surface area contributed by atoms with Gasteiger partial charge in [-0.1, -0.05) is 19.8 Å². The van der Waals surface area contributed by atoms with Gasteiger partial charge >= 0.3 is 0 Å². The fourth-order valence-electron chi connectivity index (χ4n) is 1.64. The van der Waals surface area contributed by atoms with Crippen molar-refractivity contribution in [2.24, 2.45) is 5.92 Å². The zero-order valence-electron chi connectivity index (χ0n) is 9.31. The molecule has 2 N–H and O–H groups in total. The van der Waals surface area contributed by atoms with Crippen LogP contribution >= 0.6 is 0 Å². The maximum Gasteiger partial charge on any atom is 0.221 e. The Morgan fingerprint density at radius 1 is 1.50 bits per heavy atom. The van der Waals surface area contributed by atoms with Crippen molar-refractivity contribution in [3.63, 3.8) is 0 Å². The number of nitrogens with one attached hydrogen (secondary N) is 2. The molecule has 1 rings (SSSR count). The second-order valence-corrected chi connectivity index (χ2v) is 4.25. The zero-order chi connectivity index (χ0) is 10.4. The lowest BCUT2D eigenvalue weighted by Crippen LogP contribution is -2.34. The Hall–Kier alpha value is -0.570. The summed E-state index contributed by atoms with van der Waals surface area (Å²) < 4.78 is 0. The van der Waals surface area contributed by atoms with Gasteiger partial charge in [-0.25, -0.2) is 0 Å². The van der Waals surface area contributed by atoms with Gasteiger partial charge < -0.3 is 10.6 Å². The molecule has 0 aliphatic heterocycles. The predicted molar refractivity (Wildman–Crippen MR) is 58.1 cm³/mol. The van der Waals surface area contributed by atoms with E-state index in [2.05, 4.69) is 17.6 Å². The number of hydrogen-bond acceptors (Lipinski definition) is 2. The number of amides is 1. The third-order valence-corrected chi connectivity index (χ3v) is 2.57. The molecule has 0 radical (unpaired) electrons. The maximum absolute atomic E-state index is 11.4. The Balaban J connectivity index is 1.99. The summed E-state index contributed by atoms with van der Waals surface area (Å²) in [5, 5.41) is 6.18. The van der Waals surface area contributed by atoms with E-state index < -0.39 is 0 Å². The topological polar surface area (TPSA) is 41.1 Å². The Morgan fingerprint density at radius 3 is 2.79 bits per heavy atom. The van der Waals surface area contributed by atoms with E-state index in [1.165, 1.54) is 12.8 Å². The predicted octanol–water partition coefficient (Wildman–Crippen LogP) is 1.29. The fraction of sp³-hybridized carbons (Fsp3) is 0.909. The number of carbonyl (C=O) groups is 1. The van der Waals surface area contributed by atoms with Gasteiger partial charge in [-0.2, -0.15) is 0 Å². The SMILES string of the molecule is CCNCCC(=O)NC(C)CC1CC1. The molecule has 0 aromatic rings. The van der Waals surface area contributed by atoms with E-state index >= 15 is 0 Å². The van der Waals surface area contributed by atoms with Gasteiger partial charge in [-0.3, -0.25) is 4.79 Å². The van der Waals surface area contributed by atoms with Crippen LogP contribution in [0.1, 0.15) is 39.5 Å². The van der Waals surface area contributed by atoms with Crippen LogP contribution in [-0.4, -0.2) is 25.0 Å². The lowest BCUT2D eigenvalue weighted by Gasteiger charge is -2.13. The van der Waals surface area contributed by atoms with Crippen LogP contribution in [-0.2, 0) is 4.79 Å². The van der Waals surface area contributed by atoms with Crippen molar-refractivity contribution in [1.82, 2.24) is 10.6 Å². The lowest BCUT2D eigenvalue weighted by molar-refractivity contribution is -0.121. The van der Waals surface area contributed by atoms with Crippen LogP contribution in [0.25, 0.3) is 0 Å². The molecule has 1 atom stereocenters. The molecule has 1 amide bonds. The van der Waals surface area contributed by atoms with E-state index in [0.717, 1.165) is 25.4 Å². The lowest BCUT2D eigenvalue weighted by atomic mass is 10.1. The standard InChI is InChI=1S/C11H22N2O/c1-3-12-7-6-11(14)13-9(2)8-10-4-5-10/h9-10,12H,3-8H2,1-2H3,(H,13,14). The Morgan fingerprint density at radius 2 is 2.21 bits per heavy atom. The second-order valence-electron chi connectivity index (χ2n) is 4.25. The van der Waals surface area contributed by atoms with Gasteiger partial charge in [0.15, 0.2) is 0 Å². The highest BCUT2D eigenvalue weighted by atomic mass is 16.1. The normalized spacial score (nSPS) is 17.9. The first-order valence-electron chi connectivity index (χ1n) is 5.72. The van der Waals surface area contributed by atoms with Crippen molar-refractivity contribution < 1.29 is 4.79 Å². The monoisotopic (exact) mass is 198 g/mol. The molecule has 1 aliphatic carbocycles. The first kappa shape index (κ1) is 11.5. The first-order chi connectivity index (χ1) is 6.72. The molecule has 3 heteroatoms. The van der Waals surface area contributed by atoms with Gasteiger partial charge in [0.2, 0.25) is 5.91 Å². The van der Waals surface area contributed by atoms with Crippen molar-refractivity contribution >= 4 is 5.91 Å². The number of carbonyl (C=O) groups excluding carboxylic acids is 1. The van der Waals surface area contributed by atoms with Crippen LogP contribution in [0.2, 0.25) is 0 Å². The maximum atomic E-state index is 11.4. The molecule has 14 heavy (non-hydrogen) atoms. The fourth-order valence-corrected chi connectivity index (χ4v) is 1.64. The summed E-state index contributed by atoms with van der Waals surface area (Å²) in [5.74, 6) is 1.07. The molecule has 0 aromatic carbocycles. The highest BCUT2D eigenvalue weighted by Gasteiger charge is 2.23. The summed E-state index contributed by atoms with van der Waals surface area (Å²) in [5.41, 5.74) is 0. The third-order valence-electron chi connectivity index (χ3n) is 2.57. The van der Waals surface area contributed by atoms with Crippen molar-refractivity contribution in [2.45, 2.75) is 45.6 Å². The van der Waals surface area contributed by atoms with Crippen LogP contribution in [0, 0.1) is 5.92 Å². The van der Waals surface area contributed by atoms with Crippen LogP contribution in [0.3, 0.4) is 0 Å². The molecule has 1 aliphatic rings. The van der Waals surface area contributed by atoms with Gasteiger partial charge in [0.25, 0.3) is 0 Å². The van der Waals surface area contributed by atoms with Crippen molar-refractivity contribution in [2.75, 3.05) is 13.1 Å². The first-order valence-corrected chi connectivity index (χ1v) is 5.72. The Bertz CT molecular complexity index is 178. The van der Waals surface area contributed by atoms with E-state index in [1.807, 2.05) is 6.92 Å². The van der Waals surface area contributed by atoms with Crippen LogP contribution in [0.5, 0.6) is 0 Å². The van der Waals surface area contributed by atoms with Gasteiger partial charge in [0.1, 0.15) is 0 Å². The zero-order valence-corrected chi connectivity index (χ0v) is 9.31. The quantitative estimate of drug-likeness (QED) is 0.605. The summed E-state index contributed by atoms with van der Waals surface area (Å²) in [6.07, 6.45) is 4.48. The Labute approximate surface area is 86.6 Å². The summed E-state index contributed by atoms with van der Waals surface area (Å²) in [6, 6.07) is 0.358. The van der Waals surface area contributed by atoms with Gasteiger partial charge in [-0.15, -0.1) is 0 Å². The van der Waals surface area contributed by atoms with Gasteiger partial charge in [-0.05, 0) is 25.8 Å². The van der Waals surface area contributed by atoms with Gasteiger partial charge in [0.05, 0.1) is 0 Å². The molecule has 0 saturated heterocycles. The number of rotatable bonds is 7. The minimum atomic E-state index is 0.180. The second kappa shape index (κ2) is 6.02. The molecule has 1 saturated carbocycles. The smallest absolute Gasteiger partial charge is 0.221 e. The molecule has 0 aromatic heterocycles. The van der Waals surface area contributed by atoms with E-state index in [0.29, 0.717) is 12.5 Å². The molecular weight excluding hydrogens is 176 g/mol. The minimum absolute atomic E-state index is 0.180. The summed E-state index contributed by atoms with van der Waals surface area (Å²) >= 11 is 0. The van der Waals surface area contributed by atoms with Crippen molar-refractivity contribution in [3.8, 4) is 0 Å². The molecule has 3 nitrogen and oxygen atoms in total. The van der Waals surface area contributed by atoms with Gasteiger partial charge in [0, 0.05) is 19.0 Å². The molecule has 1 unspecified atom stereocenters. The molecule has 82 valence electrons. The third kappa shape index (κ3) is 5.22. The largest absolute Gasteiger partial charge is 0.354 e. The molecular formula is C11H22N2O. The van der Waals surface area contributed by atoms with Crippen LogP contribution in [0.4, 0.5) is 0 Å². The average Bonchev–Trinajstić information content (AvgIpc) is 2.88. The summed E-state index contributed by atoms with van der Waals surface area (Å²) in [4.78, 5) is 11.4. The van der Waals surface area contributed by atoms with Crippen LogP contribution in [0.15, 0.2) is 0 Å². The molecule has 0 heterocycles. The Kier molecular flexibility index (Phi) is 4.94. The average molecular weight is 198 g/mol.